The molecule has 105 valence electrons. The summed E-state index contributed by atoms with van der Waals surface area (Å²) in [5.41, 5.74) is 3.13. The minimum atomic E-state index is 1.24. The molecule has 1 heteroatoms. The van der Waals surface area contributed by atoms with Gasteiger partial charge in [0.05, 0.1) is 10.2 Å². The SMILES string of the molecule is CCCCCCc1cccc([Si])c1CCCCCC. The van der Waals surface area contributed by atoms with Crippen molar-refractivity contribution in [2.24, 2.45) is 0 Å². The van der Waals surface area contributed by atoms with E-state index in [0.717, 1.165) is 0 Å². The zero-order valence-corrected chi connectivity index (χ0v) is 13.8. The molecule has 0 amide bonds. The molecule has 0 N–H and O–H groups in total. The van der Waals surface area contributed by atoms with Crippen molar-refractivity contribution in [1.29, 1.82) is 0 Å². The maximum Gasteiger partial charge on any atom is 0.0715 e. The molecule has 0 bridgehead atoms. The number of aryl methyl sites for hydroxylation is 1. The van der Waals surface area contributed by atoms with Crippen LogP contribution in [0.2, 0.25) is 0 Å². The summed E-state index contributed by atoms with van der Waals surface area (Å²) < 4.78 is 0. The van der Waals surface area contributed by atoms with Crippen molar-refractivity contribution in [3.8, 4) is 0 Å². The molecule has 1 aromatic rings. The van der Waals surface area contributed by atoms with Crippen LogP contribution in [0, 0.1) is 0 Å². The summed E-state index contributed by atoms with van der Waals surface area (Å²) >= 11 is 0. The Kier molecular flexibility index (Phi) is 8.90. The highest BCUT2D eigenvalue weighted by Crippen LogP contribution is 2.15. The minimum Gasteiger partial charge on any atom is -0.0654 e. The maximum atomic E-state index is 3.79. The van der Waals surface area contributed by atoms with Gasteiger partial charge in [-0.15, -0.1) is 0 Å². The van der Waals surface area contributed by atoms with Crippen molar-refractivity contribution in [1.82, 2.24) is 0 Å². The van der Waals surface area contributed by atoms with Gasteiger partial charge in [0.1, 0.15) is 0 Å². The van der Waals surface area contributed by atoms with Gasteiger partial charge in [-0.25, -0.2) is 0 Å². The van der Waals surface area contributed by atoms with Gasteiger partial charge in [0.2, 0.25) is 0 Å². The number of unbranched alkanes of at least 4 members (excludes halogenated alkanes) is 6. The van der Waals surface area contributed by atoms with Gasteiger partial charge in [-0.05, 0) is 36.8 Å². The predicted octanol–water partition coefficient (Wildman–Crippen LogP) is 4.73. The first-order valence-electron chi connectivity index (χ1n) is 8.12. The van der Waals surface area contributed by atoms with Gasteiger partial charge in [-0.2, -0.15) is 0 Å². The van der Waals surface area contributed by atoms with Crippen molar-refractivity contribution in [2.45, 2.75) is 78.1 Å². The van der Waals surface area contributed by atoms with E-state index in [1.165, 1.54) is 69.4 Å². The maximum absolute atomic E-state index is 3.79. The average molecular weight is 274 g/mol. The van der Waals surface area contributed by atoms with Crippen LogP contribution in [0.3, 0.4) is 0 Å². The molecule has 0 aliphatic carbocycles. The summed E-state index contributed by atoms with van der Waals surface area (Å²) in [7, 11) is 3.79. The van der Waals surface area contributed by atoms with Gasteiger partial charge < -0.3 is 0 Å². The van der Waals surface area contributed by atoms with Gasteiger partial charge in [-0.3, -0.25) is 0 Å². The standard InChI is InChI=1S/C18H29Si/c1-3-5-7-9-12-16-13-11-15-18(19)17(16)14-10-8-6-4-2/h11,13,15H,3-10,12,14H2,1-2H3. The van der Waals surface area contributed by atoms with E-state index in [0.29, 0.717) is 0 Å². The first-order chi connectivity index (χ1) is 9.29. The lowest BCUT2D eigenvalue weighted by atomic mass is 9.96. The van der Waals surface area contributed by atoms with E-state index < -0.39 is 0 Å². The van der Waals surface area contributed by atoms with Crippen molar-refractivity contribution >= 4 is 15.4 Å². The second kappa shape index (κ2) is 10.3. The summed E-state index contributed by atoms with van der Waals surface area (Å²) in [6.07, 6.45) is 13.3. The fourth-order valence-electron chi connectivity index (χ4n) is 2.63. The zero-order valence-electron chi connectivity index (χ0n) is 12.8. The molecular formula is C18H29Si. The van der Waals surface area contributed by atoms with E-state index in [4.69, 9.17) is 0 Å². The van der Waals surface area contributed by atoms with Crippen LogP contribution in [0.1, 0.15) is 76.3 Å². The Bertz CT molecular complexity index is 344. The lowest BCUT2D eigenvalue weighted by Crippen LogP contribution is -2.13. The van der Waals surface area contributed by atoms with E-state index in [9.17, 15) is 0 Å². The summed E-state index contributed by atoms with van der Waals surface area (Å²) in [4.78, 5) is 0. The topological polar surface area (TPSA) is 0 Å². The highest BCUT2D eigenvalue weighted by Gasteiger charge is 2.05. The van der Waals surface area contributed by atoms with Crippen LogP contribution in [-0.2, 0) is 12.8 Å². The number of hydrogen-bond donors (Lipinski definition) is 0. The Balaban J connectivity index is 2.51. The monoisotopic (exact) mass is 273 g/mol. The Labute approximate surface area is 123 Å². The summed E-state index contributed by atoms with van der Waals surface area (Å²) in [6, 6.07) is 6.71. The van der Waals surface area contributed by atoms with Crippen LogP contribution in [0.4, 0.5) is 0 Å². The summed E-state index contributed by atoms with van der Waals surface area (Å²) in [6.45, 7) is 4.55. The first-order valence-corrected chi connectivity index (χ1v) is 8.62. The van der Waals surface area contributed by atoms with Crippen molar-refractivity contribution < 1.29 is 0 Å². The van der Waals surface area contributed by atoms with Crippen LogP contribution >= 0.6 is 0 Å². The fraction of sp³-hybridized carbons (Fsp3) is 0.667. The molecule has 0 saturated heterocycles. The molecule has 0 saturated carbocycles. The van der Waals surface area contributed by atoms with Crippen molar-refractivity contribution in [2.75, 3.05) is 0 Å². The van der Waals surface area contributed by atoms with E-state index in [-0.39, 0.29) is 0 Å². The van der Waals surface area contributed by atoms with Gasteiger partial charge in [0.15, 0.2) is 0 Å². The molecule has 0 heterocycles. The zero-order chi connectivity index (χ0) is 13.9. The second-order valence-electron chi connectivity index (χ2n) is 5.56. The average Bonchev–Trinajstić information content (AvgIpc) is 2.42. The number of hydrogen-bond acceptors (Lipinski definition) is 0. The van der Waals surface area contributed by atoms with Crippen molar-refractivity contribution in [3.05, 3.63) is 29.3 Å². The van der Waals surface area contributed by atoms with Crippen LogP contribution in [0.25, 0.3) is 0 Å². The quantitative estimate of drug-likeness (QED) is 0.427. The van der Waals surface area contributed by atoms with Crippen LogP contribution in [0.5, 0.6) is 0 Å². The molecule has 0 nitrogen and oxygen atoms in total. The Morgan fingerprint density at radius 1 is 0.789 bits per heavy atom. The summed E-state index contributed by atoms with van der Waals surface area (Å²) in [5, 5.41) is 1.31. The highest BCUT2D eigenvalue weighted by atomic mass is 28.1. The van der Waals surface area contributed by atoms with Crippen LogP contribution < -0.4 is 5.19 Å². The Hall–Kier alpha value is -0.563. The van der Waals surface area contributed by atoms with Gasteiger partial charge >= 0.3 is 0 Å². The number of benzene rings is 1. The third-order valence-corrected chi connectivity index (χ3v) is 4.32. The van der Waals surface area contributed by atoms with Gasteiger partial charge in [0, 0.05) is 0 Å². The molecule has 19 heavy (non-hydrogen) atoms. The smallest absolute Gasteiger partial charge is 0.0654 e. The normalized spacial score (nSPS) is 10.9. The minimum absolute atomic E-state index is 1.24. The lowest BCUT2D eigenvalue weighted by molar-refractivity contribution is 0.651. The third kappa shape index (κ3) is 6.42. The van der Waals surface area contributed by atoms with E-state index in [1.807, 2.05) is 0 Å². The van der Waals surface area contributed by atoms with E-state index >= 15 is 0 Å². The van der Waals surface area contributed by atoms with E-state index in [1.54, 1.807) is 11.1 Å². The summed E-state index contributed by atoms with van der Waals surface area (Å²) in [5.74, 6) is 0. The highest BCUT2D eigenvalue weighted by molar-refractivity contribution is 6.33. The van der Waals surface area contributed by atoms with Crippen LogP contribution in [-0.4, -0.2) is 10.2 Å². The fourth-order valence-corrected chi connectivity index (χ4v) is 3.02. The molecule has 3 radical (unpaired) electrons. The van der Waals surface area contributed by atoms with Crippen LogP contribution in [0.15, 0.2) is 18.2 Å². The van der Waals surface area contributed by atoms with E-state index in [2.05, 4.69) is 42.3 Å². The molecule has 1 rings (SSSR count). The Morgan fingerprint density at radius 3 is 2.05 bits per heavy atom. The molecule has 0 atom stereocenters. The number of rotatable bonds is 10. The molecule has 0 spiro atoms. The van der Waals surface area contributed by atoms with Gasteiger partial charge in [0.25, 0.3) is 0 Å². The molecule has 0 aliphatic rings. The molecule has 0 aliphatic heterocycles. The third-order valence-electron chi connectivity index (χ3n) is 3.85. The van der Waals surface area contributed by atoms with Crippen molar-refractivity contribution in [3.63, 3.8) is 0 Å². The predicted molar refractivity (Wildman–Crippen MR) is 87.5 cm³/mol. The molecular weight excluding hydrogens is 244 g/mol. The molecule has 0 aromatic heterocycles. The van der Waals surface area contributed by atoms with Gasteiger partial charge in [-0.1, -0.05) is 75.8 Å². The Morgan fingerprint density at radius 2 is 1.42 bits per heavy atom. The molecule has 0 fully saturated rings. The largest absolute Gasteiger partial charge is 0.0715 e. The molecule has 0 unspecified atom stereocenters. The molecule has 1 aromatic carbocycles. The first kappa shape index (κ1) is 16.5. The second-order valence-corrected chi connectivity index (χ2v) is 6.10. The lowest BCUT2D eigenvalue weighted by Gasteiger charge is -2.13.